The van der Waals surface area contributed by atoms with E-state index in [0.717, 1.165) is 6.07 Å². The lowest BCUT2D eigenvalue weighted by Crippen LogP contribution is -2.17. The molecule has 0 saturated heterocycles. The van der Waals surface area contributed by atoms with E-state index in [4.69, 9.17) is 13.9 Å². The fraction of sp³-hybridized carbons (Fsp3) is 0.238. The molecule has 0 bridgehead atoms. The molecule has 2 N–H and O–H groups in total. The molecule has 0 spiro atoms. The number of phenols is 2. The quantitative estimate of drug-likeness (QED) is 0.508. The van der Waals surface area contributed by atoms with E-state index in [2.05, 4.69) is 0 Å². The van der Waals surface area contributed by atoms with Gasteiger partial charge in [-0.15, -0.1) is 0 Å². The number of esters is 1. The number of benzene rings is 2. The molecule has 0 aliphatic rings. The fourth-order valence-electron chi connectivity index (χ4n) is 2.73. The summed E-state index contributed by atoms with van der Waals surface area (Å²) < 4.78 is 16.4. The summed E-state index contributed by atoms with van der Waals surface area (Å²) in [4.78, 5) is 25.2. The topological polar surface area (TPSA) is 106 Å². The summed E-state index contributed by atoms with van der Waals surface area (Å²) in [6.07, 6.45) is 0.530. The second-order valence-corrected chi connectivity index (χ2v) is 6.34. The highest BCUT2D eigenvalue weighted by atomic mass is 16.5. The Kier molecular flexibility index (Phi) is 5.26. The van der Waals surface area contributed by atoms with Crippen molar-refractivity contribution in [3.8, 4) is 34.3 Å². The van der Waals surface area contributed by atoms with Gasteiger partial charge in [0.2, 0.25) is 16.9 Å². The molecule has 28 heavy (non-hydrogen) atoms. The van der Waals surface area contributed by atoms with E-state index in [-0.39, 0.29) is 28.2 Å². The molecule has 0 aliphatic heterocycles. The van der Waals surface area contributed by atoms with Crippen LogP contribution < -0.4 is 14.9 Å². The van der Waals surface area contributed by atoms with Gasteiger partial charge in [-0.2, -0.15) is 0 Å². The zero-order valence-electron chi connectivity index (χ0n) is 15.7. The molecule has 7 nitrogen and oxygen atoms in total. The van der Waals surface area contributed by atoms with Crippen molar-refractivity contribution >= 4 is 16.9 Å². The van der Waals surface area contributed by atoms with E-state index in [0.29, 0.717) is 12.0 Å². The van der Waals surface area contributed by atoms with Crippen LogP contribution in [0.25, 0.3) is 22.3 Å². The average Bonchev–Trinajstić information content (AvgIpc) is 2.70. The molecule has 7 heteroatoms. The summed E-state index contributed by atoms with van der Waals surface area (Å²) in [6, 6.07) is 9.65. The van der Waals surface area contributed by atoms with Gasteiger partial charge in [-0.3, -0.25) is 9.59 Å². The molecule has 1 atom stereocenters. The molecule has 1 aromatic heterocycles. The standard InChI is InChI=1S/C21H20O7/c1-4-11(2)21(25)28-18-14(23)10-13(22)15-16(24)20(26-3)17(27-19(15)18)12-8-6-5-7-9-12/h5-11,22-23H,4H2,1-3H3. The lowest BCUT2D eigenvalue weighted by atomic mass is 10.1. The third-order valence-electron chi connectivity index (χ3n) is 4.50. The molecular formula is C21H20O7. The van der Waals surface area contributed by atoms with E-state index in [9.17, 15) is 19.8 Å². The first-order valence-corrected chi connectivity index (χ1v) is 8.75. The van der Waals surface area contributed by atoms with Crippen molar-refractivity contribution in [3.05, 3.63) is 46.6 Å². The zero-order chi connectivity index (χ0) is 20.4. The molecule has 0 fully saturated rings. The van der Waals surface area contributed by atoms with Gasteiger partial charge in [0.05, 0.1) is 13.0 Å². The number of hydrogen-bond donors (Lipinski definition) is 2. The SMILES string of the molecule is CCC(C)C(=O)Oc1c(O)cc(O)c2c(=O)c(OC)c(-c3ccccc3)oc12. The first kappa shape index (κ1) is 19.3. The van der Waals surface area contributed by atoms with Gasteiger partial charge in [-0.1, -0.05) is 44.2 Å². The molecule has 1 unspecified atom stereocenters. The summed E-state index contributed by atoms with van der Waals surface area (Å²) in [7, 11) is 1.31. The molecule has 0 saturated carbocycles. The van der Waals surface area contributed by atoms with Gasteiger partial charge < -0.3 is 24.1 Å². The molecule has 0 aliphatic carbocycles. The number of ether oxygens (including phenoxy) is 2. The lowest BCUT2D eigenvalue weighted by molar-refractivity contribution is -0.138. The predicted octanol–water partition coefficient (Wildman–Crippen LogP) is 3.83. The number of hydrogen-bond acceptors (Lipinski definition) is 7. The third kappa shape index (κ3) is 3.26. The second kappa shape index (κ2) is 7.64. The van der Waals surface area contributed by atoms with E-state index < -0.39 is 28.8 Å². The van der Waals surface area contributed by atoms with Gasteiger partial charge in [-0.05, 0) is 6.42 Å². The Bertz CT molecular complexity index is 1080. The largest absolute Gasteiger partial charge is 0.507 e. The number of carbonyl (C=O) groups is 1. The molecular weight excluding hydrogens is 364 g/mol. The maximum atomic E-state index is 12.9. The van der Waals surface area contributed by atoms with Gasteiger partial charge in [0.1, 0.15) is 11.1 Å². The van der Waals surface area contributed by atoms with Gasteiger partial charge in [0, 0.05) is 11.6 Å². The Balaban J connectivity index is 2.35. The fourth-order valence-corrected chi connectivity index (χ4v) is 2.73. The van der Waals surface area contributed by atoms with Crippen LogP contribution in [0, 0.1) is 5.92 Å². The maximum absolute atomic E-state index is 12.9. The van der Waals surface area contributed by atoms with Crippen molar-refractivity contribution in [2.24, 2.45) is 5.92 Å². The van der Waals surface area contributed by atoms with Gasteiger partial charge in [0.25, 0.3) is 0 Å². The molecule has 3 rings (SSSR count). The normalized spacial score (nSPS) is 12.0. The van der Waals surface area contributed by atoms with E-state index >= 15 is 0 Å². The number of methoxy groups -OCH3 is 1. The van der Waals surface area contributed by atoms with Crippen LogP contribution in [0.4, 0.5) is 0 Å². The second-order valence-electron chi connectivity index (χ2n) is 6.34. The summed E-state index contributed by atoms with van der Waals surface area (Å²) in [5.74, 6) is -2.40. The average molecular weight is 384 g/mol. The molecule has 0 radical (unpaired) electrons. The van der Waals surface area contributed by atoms with Crippen LogP contribution in [0.2, 0.25) is 0 Å². The Morgan fingerprint density at radius 3 is 2.43 bits per heavy atom. The Hall–Kier alpha value is -3.48. The molecule has 0 amide bonds. The van der Waals surface area contributed by atoms with Crippen molar-refractivity contribution in [1.29, 1.82) is 0 Å². The van der Waals surface area contributed by atoms with Crippen LogP contribution in [0.1, 0.15) is 20.3 Å². The van der Waals surface area contributed by atoms with Crippen molar-refractivity contribution in [2.45, 2.75) is 20.3 Å². The van der Waals surface area contributed by atoms with Crippen LogP contribution in [0.5, 0.6) is 23.0 Å². The highest BCUT2D eigenvalue weighted by molar-refractivity contribution is 5.95. The minimum absolute atomic E-state index is 0.0893. The molecule has 1 heterocycles. The molecule has 3 aromatic rings. The molecule has 2 aromatic carbocycles. The summed E-state index contributed by atoms with van der Waals surface area (Å²) >= 11 is 0. The monoisotopic (exact) mass is 384 g/mol. The molecule has 146 valence electrons. The number of carbonyl (C=O) groups excluding carboxylic acids is 1. The minimum Gasteiger partial charge on any atom is -0.507 e. The number of aromatic hydroxyl groups is 2. The first-order chi connectivity index (χ1) is 13.4. The van der Waals surface area contributed by atoms with E-state index in [1.54, 1.807) is 37.3 Å². The van der Waals surface area contributed by atoms with Crippen molar-refractivity contribution < 1.29 is 28.9 Å². The Labute approximate surface area is 160 Å². The third-order valence-corrected chi connectivity index (χ3v) is 4.50. The van der Waals surface area contributed by atoms with Crippen LogP contribution in [-0.2, 0) is 4.79 Å². The predicted molar refractivity (Wildman–Crippen MR) is 103 cm³/mol. The Morgan fingerprint density at radius 2 is 1.82 bits per heavy atom. The van der Waals surface area contributed by atoms with Gasteiger partial charge in [-0.25, -0.2) is 0 Å². The van der Waals surface area contributed by atoms with Crippen LogP contribution in [-0.4, -0.2) is 23.3 Å². The zero-order valence-corrected chi connectivity index (χ0v) is 15.7. The highest BCUT2D eigenvalue weighted by Gasteiger charge is 2.26. The van der Waals surface area contributed by atoms with Gasteiger partial charge >= 0.3 is 5.97 Å². The minimum atomic E-state index is -0.652. The Morgan fingerprint density at radius 1 is 1.14 bits per heavy atom. The number of fused-ring (bicyclic) bond motifs is 1. The summed E-state index contributed by atoms with van der Waals surface area (Å²) in [5, 5.41) is 20.2. The summed E-state index contributed by atoms with van der Waals surface area (Å²) in [6.45, 7) is 3.50. The van der Waals surface area contributed by atoms with Gasteiger partial charge in [0.15, 0.2) is 17.1 Å². The number of phenolic OH excluding ortho intramolecular Hbond substituents is 2. The van der Waals surface area contributed by atoms with Crippen molar-refractivity contribution in [3.63, 3.8) is 0 Å². The van der Waals surface area contributed by atoms with Crippen LogP contribution in [0.15, 0.2) is 45.6 Å². The van der Waals surface area contributed by atoms with Crippen LogP contribution >= 0.6 is 0 Å². The van der Waals surface area contributed by atoms with Crippen molar-refractivity contribution in [2.75, 3.05) is 7.11 Å². The van der Waals surface area contributed by atoms with E-state index in [1.165, 1.54) is 7.11 Å². The van der Waals surface area contributed by atoms with Crippen molar-refractivity contribution in [1.82, 2.24) is 0 Å². The lowest BCUT2D eigenvalue weighted by Gasteiger charge is -2.15. The summed E-state index contributed by atoms with van der Waals surface area (Å²) in [5.41, 5.74) is -0.347. The smallest absolute Gasteiger partial charge is 0.314 e. The van der Waals surface area contributed by atoms with E-state index in [1.807, 2.05) is 6.92 Å². The first-order valence-electron chi connectivity index (χ1n) is 8.75. The van der Waals surface area contributed by atoms with Crippen LogP contribution in [0.3, 0.4) is 0 Å². The number of rotatable bonds is 5. The highest BCUT2D eigenvalue weighted by Crippen LogP contribution is 2.43. The maximum Gasteiger partial charge on any atom is 0.314 e.